The average molecular weight is 602 g/mol. The second-order valence-corrected chi connectivity index (χ2v) is 16.1. The number of benzene rings is 2. The second-order valence-electron chi connectivity index (χ2n) is 10.3. The normalized spacial score (nSPS) is 14.9. The molecule has 0 aliphatic heterocycles. The van der Waals surface area contributed by atoms with Gasteiger partial charge < -0.3 is 0 Å². The Bertz CT molecular complexity index is 1440. The molecular weight excluding hydrogens is 568 g/mol. The van der Waals surface area contributed by atoms with Crippen LogP contribution in [0.2, 0.25) is 0 Å². The van der Waals surface area contributed by atoms with Crippen LogP contribution in [0.5, 0.6) is 0 Å². The summed E-state index contributed by atoms with van der Waals surface area (Å²) in [5, 5.41) is 0. The first-order valence-corrected chi connectivity index (χ1v) is 16.8. The van der Waals surface area contributed by atoms with Gasteiger partial charge in [0, 0.05) is 0 Å². The summed E-state index contributed by atoms with van der Waals surface area (Å²) in [7, 11) is 0. The Morgan fingerprint density at radius 1 is 0.707 bits per heavy atom. The molecule has 4 rings (SSSR count). The van der Waals surface area contributed by atoms with Gasteiger partial charge in [-0.2, -0.15) is 0 Å². The monoisotopic (exact) mass is 602 g/mol. The summed E-state index contributed by atoms with van der Waals surface area (Å²) in [6.45, 7) is 9.72. The van der Waals surface area contributed by atoms with Gasteiger partial charge in [0.05, 0.1) is 0 Å². The Labute approximate surface area is 242 Å². The standard InChI is InChI=1S/2C10H10F2NO.2C6H7.Ti/c2*1-3-13(7(2)14)10-5-4-8(11)6-9(10)12;2*1-6-4-2-3-5-6;/h2*4-5H,3H2,1-2H3;2*2,4H,3H2,1H3;. The van der Waals surface area contributed by atoms with Crippen LogP contribution >= 0.6 is 0 Å². The SMILES string of the molecule is CCN(C(C)=O)c1ccc(F)[c]([Ti]([C]2=C(C)C=CC2)([C]2=C(C)C=CC2)[c]2c(F)ccc(N(CC)C(C)=O)c2F)c1F. The molecule has 0 atom stereocenters. The fourth-order valence-corrected chi connectivity index (χ4v) is 15.4. The van der Waals surface area contributed by atoms with E-state index >= 15 is 17.6 Å². The molecule has 41 heavy (non-hydrogen) atoms. The van der Waals surface area contributed by atoms with Crippen molar-refractivity contribution in [1.82, 2.24) is 0 Å². The van der Waals surface area contributed by atoms with Crippen molar-refractivity contribution in [3.8, 4) is 0 Å². The van der Waals surface area contributed by atoms with Crippen LogP contribution in [0.4, 0.5) is 28.9 Å². The van der Waals surface area contributed by atoms with Gasteiger partial charge >= 0.3 is 243 Å². The van der Waals surface area contributed by atoms with E-state index in [4.69, 9.17) is 0 Å². The molecule has 4 nitrogen and oxygen atoms in total. The van der Waals surface area contributed by atoms with Crippen molar-refractivity contribution in [1.29, 1.82) is 0 Å². The zero-order valence-electron chi connectivity index (χ0n) is 24.2. The molecule has 0 spiro atoms. The van der Waals surface area contributed by atoms with Gasteiger partial charge in [-0.25, -0.2) is 0 Å². The number of carbonyl (C=O) groups is 2. The molecule has 2 aromatic carbocycles. The number of halogens is 4. The third kappa shape index (κ3) is 4.95. The molecule has 0 fully saturated rings. The quantitative estimate of drug-likeness (QED) is 0.254. The Hall–Kier alpha value is -3.23. The van der Waals surface area contributed by atoms with E-state index in [1.165, 1.54) is 35.8 Å². The molecular formula is C32H34F4N2O2Ti. The minimum absolute atomic E-state index is 0.117. The van der Waals surface area contributed by atoms with E-state index in [1.54, 1.807) is 27.7 Å². The van der Waals surface area contributed by atoms with Gasteiger partial charge in [0.15, 0.2) is 0 Å². The van der Waals surface area contributed by atoms with Crippen LogP contribution in [0.25, 0.3) is 0 Å². The van der Waals surface area contributed by atoms with E-state index < -0.39 is 51.7 Å². The zero-order chi connectivity index (χ0) is 30.2. The van der Waals surface area contributed by atoms with Crippen LogP contribution in [0.15, 0.2) is 67.5 Å². The van der Waals surface area contributed by atoms with Crippen LogP contribution in [0.1, 0.15) is 54.4 Å². The number of carbonyl (C=O) groups excluding carboxylic acids is 2. The predicted molar refractivity (Wildman–Crippen MR) is 152 cm³/mol. The maximum absolute atomic E-state index is 17.0. The van der Waals surface area contributed by atoms with Crippen LogP contribution in [0, 0.1) is 23.3 Å². The van der Waals surface area contributed by atoms with Gasteiger partial charge in [0.2, 0.25) is 0 Å². The van der Waals surface area contributed by atoms with Crippen molar-refractivity contribution in [2.24, 2.45) is 0 Å². The number of allylic oxidation sites excluding steroid dienone is 8. The molecule has 216 valence electrons. The topological polar surface area (TPSA) is 40.6 Å². The van der Waals surface area contributed by atoms with Gasteiger partial charge in [0.25, 0.3) is 0 Å². The van der Waals surface area contributed by atoms with Crippen molar-refractivity contribution >= 4 is 30.9 Å². The van der Waals surface area contributed by atoms with Gasteiger partial charge in [-0.3, -0.25) is 0 Å². The van der Waals surface area contributed by atoms with Crippen molar-refractivity contribution in [3.63, 3.8) is 0 Å². The molecule has 0 saturated carbocycles. The summed E-state index contributed by atoms with van der Waals surface area (Å²) in [5.74, 6) is -4.73. The Balaban J connectivity index is 2.29. The summed E-state index contributed by atoms with van der Waals surface area (Å²) in [6, 6.07) is 4.57. The van der Waals surface area contributed by atoms with E-state index in [9.17, 15) is 9.59 Å². The molecule has 2 aliphatic rings. The van der Waals surface area contributed by atoms with E-state index in [0.717, 1.165) is 12.1 Å². The number of rotatable bonds is 8. The van der Waals surface area contributed by atoms with E-state index in [-0.39, 0.29) is 45.0 Å². The summed E-state index contributed by atoms with van der Waals surface area (Å²) in [5.41, 5.74) is 1.11. The Kier molecular flexibility index (Phi) is 8.95. The molecule has 2 aromatic rings. The number of hydrogen-bond acceptors (Lipinski definition) is 2. The molecule has 0 saturated heterocycles. The molecule has 9 heteroatoms. The molecule has 0 unspecified atom stereocenters. The Morgan fingerprint density at radius 2 is 1.07 bits per heavy atom. The maximum atomic E-state index is 17.0. The van der Waals surface area contributed by atoms with E-state index in [1.807, 2.05) is 24.3 Å². The van der Waals surface area contributed by atoms with E-state index in [2.05, 4.69) is 0 Å². The van der Waals surface area contributed by atoms with Gasteiger partial charge in [0.1, 0.15) is 0 Å². The average Bonchev–Trinajstić information content (AvgIpc) is 3.54. The molecule has 2 amide bonds. The first-order chi connectivity index (χ1) is 19.4. The molecule has 0 radical (unpaired) electrons. The van der Waals surface area contributed by atoms with Gasteiger partial charge in [-0.15, -0.1) is 0 Å². The van der Waals surface area contributed by atoms with Gasteiger partial charge in [-0.1, -0.05) is 0 Å². The number of amides is 2. The minimum atomic E-state index is -5.19. The molecule has 2 aliphatic carbocycles. The summed E-state index contributed by atoms with van der Waals surface area (Å²) < 4.78 is 67.2. The van der Waals surface area contributed by atoms with Crippen LogP contribution < -0.4 is 17.5 Å². The third-order valence-electron chi connectivity index (χ3n) is 8.10. The summed E-state index contributed by atoms with van der Waals surface area (Å²) in [6.07, 6.45) is 7.84. The molecule has 0 N–H and O–H groups in total. The van der Waals surface area contributed by atoms with E-state index in [0.29, 0.717) is 18.9 Å². The fraction of sp³-hybridized carbons (Fsp3) is 0.312. The molecule has 0 aromatic heterocycles. The Morgan fingerprint density at radius 3 is 1.34 bits per heavy atom. The molecule has 0 bridgehead atoms. The van der Waals surface area contributed by atoms with Crippen LogP contribution in [-0.2, 0) is 26.2 Å². The zero-order valence-corrected chi connectivity index (χ0v) is 25.7. The van der Waals surface area contributed by atoms with Crippen LogP contribution in [-0.4, -0.2) is 24.9 Å². The second kappa shape index (κ2) is 11.9. The number of anilines is 2. The van der Waals surface area contributed by atoms with Gasteiger partial charge in [-0.05, 0) is 0 Å². The van der Waals surface area contributed by atoms with Crippen molar-refractivity contribution in [2.75, 3.05) is 22.9 Å². The predicted octanol–water partition coefficient (Wildman–Crippen LogP) is 6.56. The third-order valence-corrected chi connectivity index (χ3v) is 16.6. The number of nitrogens with zero attached hydrogens (tertiary/aromatic N) is 2. The first kappa shape index (κ1) is 30.7. The number of hydrogen-bond donors (Lipinski definition) is 0. The van der Waals surface area contributed by atoms with Crippen molar-refractivity contribution in [3.05, 3.63) is 90.7 Å². The fourth-order valence-electron chi connectivity index (χ4n) is 6.35. The summed E-state index contributed by atoms with van der Waals surface area (Å²) in [4.78, 5) is 27.3. The molecule has 0 heterocycles. The first-order valence-electron chi connectivity index (χ1n) is 13.7. The summed E-state index contributed by atoms with van der Waals surface area (Å²) >= 11 is -5.19. The van der Waals surface area contributed by atoms with Crippen LogP contribution in [0.3, 0.4) is 0 Å². The van der Waals surface area contributed by atoms with Crippen molar-refractivity contribution in [2.45, 2.75) is 54.4 Å². The van der Waals surface area contributed by atoms with Crippen molar-refractivity contribution < 1.29 is 43.7 Å².